The molecule has 7 heteroatoms. The van der Waals surface area contributed by atoms with Gasteiger partial charge >= 0.3 is 5.97 Å². The Hall–Kier alpha value is -2.73. The van der Waals surface area contributed by atoms with Gasteiger partial charge in [0, 0.05) is 22.7 Å². The Morgan fingerprint density at radius 1 is 1.15 bits per heavy atom. The Balaban J connectivity index is 2.03. The SMILES string of the molecule is CCCC(=O)Nc1ccc(C(=O)[C@H](C)OC(=O)c2cc(Cl)ccc2F)cc1. The van der Waals surface area contributed by atoms with Crippen molar-refractivity contribution in [2.24, 2.45) is 0 Å². The number of hydrogen-bond donors (Lipinski definition) is 1. The number of benzene rings is 2. The van der Waals surface area contributed by atoms with Gasteiger partial charge in [0.15, 0.2) is 6.10 Å². The fraction of sp³-hybridized carbons (Fsp3) is 0.250. The van der Waals surface area contributed by atoms with E-state index in [2.05, 4.69) is 5.32 Å². The quantitative estimate of drug-likeness (QED) is 0.551. The number of esters is 1. The number of carbonyl (C=O) groups excluding carboxylic acids is 3. The smallest absolute Gasteiger partial charge is 0.341 e. The molecule has 0 radical (unpaired) electrons. The highest BCUT2D eigenvalue weighted by atomic mass is 35.5. The largest absolute Gasteiger partial charge is 0.451 e. The summed E-state index contributed by atoms with van der Waals surface area (Å²) in [5, 5.41) is 2.90. The van der Waals surface area contributed by atoms with E-state index >= 15 is 0 Å². The molecule has 0 bridgehead atoms. The van der Waals surface area contributed by atoms with Crippen molar-refractivity contribution in [2.45, 2.75) is 32.8 Å². The third kappa shape index (κ3) is 5.62. The molecule has 2 aromatic carbocycles. The first kappa shape index (κ1) is 20.6. The van der Waals surface area contributed by atoms with Crippen LogP contribution in [0.5, 0.6) is 0 Å². The molecule has 1 amide bonds. The van der Waals surface area contributed by atoms with E-state index in [-0.39, 0.29) is 16.5 Å². The molecule has 0 fully saturated rings. The number of hydrogen-bond acceptors (Lipinski definition) is 4. The maximum absolute atomic E-state index is 13.7. The first-order valence-corrected chi connectivity index (χ1v) is 8.79. The maximum Gasteiger partial charge on any atom is 0.341 e. The van der Waals surface area contributed by atoms with Gasteiger partial charge in [0.05, 0.1) is 5.56 Å². The van der Waals surface area contributed by atoms with Gasteiger partial charge in [-0.15, -0.1) is 0 Å². The summed E-state index contributed by atoms with van der Waals surface area (Å²) in [7, 11) is 0. The summed E-state index contributed by atoms with van der Waals surface area (Å²) < 4.78 is 18.8. The average molecular weight is 392 g/mol. The van der Waals surface area contributed by atoms with Crippen LogP contribution in [0, 0.1) is 5.82 Å². The minimum Gasteiger partial charge on any atom is -0.451 e. The molecule has 1 atom stereocenters. The van der Waals surface area contributed by atoms with E-state index in [0.717, 1.165) is 18.6 Å². The van der Waals surface area contributed by atoms with Crippen molar-refractivity contribution in [3.63, 3.8) is 0 Å². The standard InChI is InChI=1S/C20H19ClFNO4/c1-3-4-18(24)23-15-8-5-13(6-9-15)19(25)12(2)27-20(26)16-11-14(21)7-10-17(16)22/h5-12H,3-4H2,1-2H3,(H,23,24)/t12-/m0/s1. The summed E-state index contributed by atoms with van der Waals surface area (Å²) in [6, 6.07) is 9.73. The van der Waals surface area contributed by atoms with Crippen LogP contribution < -0.4 is 5.32 Å². The number of Topliss-reactive ketones (excluding diaryl/α,β-unsaturated/α-hetero) is 1. The fourth-order valence-electron chi connectivity index (χ4n) is 2.33. The molecular weight excluding hydrogens is 373 g/mol. The van der Waals surface area contributed by atoms with Crippen molar-refractivity contribution in [3.8, 4) is 0 Å². The molecule has 0 unspecified atom stereocenters. The van der Waals surface area contributed by atoms with Crippen LogP contribution in [0.1, 0.15) is 47.4 Å². The van der Waals surface area contributed by atoms with Crippen molar-refractivity contribution in [2.75, 3.05) is 5.32 Å². The summed E-state index contributed by atoms with van der Waals surface area (Å²) in [6.07, 6.45) is 0.0306. The summed E-state index contributed by atoms with van der Waals surface area (Å²) in [6.45, 7) is 3.30. The van der Waals surface area contributed by atoms with E-state index in [0.29, 0.717) is 17.7 Å². The molecular formula is C20H19ClFNO4. The molecule has 142 valence electrons. The predicted molar refractivity (Wildman–Crippen MR) is 101 cm³/mol. The van der Waals surface area contributed by atoms with Gasteiger partial charge in [0.25, 0.3) is 0 Å². The van der Waals surface area contributed by atoms with E-state index in [1.807, 2.05) is 6.92 Å². The number of ketones is 1. The molecule has 0 saturated carbocycles. The highest BCUT2D eigenvalue weighted by molar-refractivity contribution is 6.30. The molecule has 0 aromatic heterocycles. The zero-order chi connectivity index (χ0) is 20.0. The normalized spacial score (nSPS) is 11.6. The number of rotatable bonds is 7. The molecule has 2 rings (SSSR count). The van der Waals surface area contributed by atoms with Gasteiger partial charge in [-0.05, 0) is 55.8 Å². The van der Waals surface area contributed by atoms with Crippen LogP contribution in [0.4, 0.5) is 10.1 Å². The van der Waals surface area contributed by atoms with E-state index < -0.39 is 23.7 Å². The molecule has 0 aliphatic heterocycles. The lowest BCUT2D eigenvalue weighted by molar-refractivity contribution is -0.116. The van der Waals surface area contributed by atoms with E-state index in [1.165, 1.54) is 25.1 Å². The van der Waals surface area contributed by atoms with Gasteiger partial charge in [-0.25, -0.2) is 9.18 Å². The van der Waals surface area contributed by atoms with E-state index in [9.17, 15) is 18.8 Å². The lowest BCUT2D eigenvalue weighted by atomic mass is 10.1. The van der Waals surface area contributed by atoms with Gasteiger partial charge in [0.1, 0.15) is 5.82 Å². The van der Waals surface area contributed by atoms with Crippen molar-refractivity contribution < 1.29 is 23.5 Å². The molecule has 0 aliphatic carbocycles. The summed E-state index contributed by atoms with van der Waals surface area (Å²) in [5.74, 6) is -2.31. The van der Waals surface area contributed by atoms with Crippen molar-refractivity contribution in [1.29, 1.82) is 0 Å². The van der Waals surface area contributed by atoms with Crippen LogP contribution >= 0.6 is 11.6 Å². The summed E-state index contributed by atoms with van der Waals surface area (Å²) in [4.78, 5) is 36.1. The van der Waals surface area contributed by atoms with Gasteiger partial charge in [-0.1, -0.05) is 18.5 Å². The first-order valence-electron chi connectivity index (χ1n) is 8.42. The third-order valence-corrected chi connectivity index (χ3v) is 3.97. The van der Waals surface area contributed by atoms with Crippen molar-refractivity contribution >= 4 is 34.9 Å². The molecule has 5 nitrogen and oxygen atoms in total. The number of halogens is 2. The van der Waals surface area contributed by atoms with Gasteiger partial charge < -0.3 is 10.1 Å². The number of ether oxygens (including phenoxy) is 1. The fourth-order valence-corrected chi connectivity index (χ4v) is 2.51. The van der Waals surface area contributed by atoms with Crippen LogP contribution in [-0.2, 0) is 9.53 Å². The predicted octanol–water partition coefficient (Wildman–Crippen LogP) is 4.65. The molecule has 0 heterocycles. The third-order valence-electron chi connectivity index (χ3n) is 3.73. The average Bonchev–Trinajstić information content (AvgIpc) is 2.63. The minimum atomic E-state index is -1.11. The van der Waals surface area contributed by atoms with E-state index in [4.69, 9.17) is 16.3 Å². The Labute approximate surface area is 161 Å². The van der Waals surface area contributed by atoms with Crippen molar-refractivity contribution in [3.05, 3.63) is 64.4 Å². The zero-order valence-corrected chi connectivity index (χ0v) is 15.7. The number of amides is 1. The molecule has 0 saturated heterocycles. The number of anilines is 1. The highest BCUT2D eigenvalue weighted by Gasteiger charge is 2.22. The topological polar surface area (TPSA) is 72.5 Å². The van der Waals surface area contributed by atoms with Gasteiger partial charge in [0.2, 0.25) is 11.7 Å². The first-order chi connectivity index (χ1) is 12.8. The number of nitrogens with one attached hydrogen (secondary N) is 1. The van der Waals surface area contributed by atoms with Gasteiger partial charge in [-0.2, -0.15) is 0 Å². The molecule has 2 aromatic rings. The second-order valence-corrected chi connectivity index (χ2v) is 6.35. The van der Waals surface area contributed by atoms with Crippen LogP contribution in [0.2, 0.25) is 5.02 Å². The Kier molecular flexibility index (Phi) is 7.07. The Morgan fingerprint density at radius 2 is 1.81 bits per heavy atom. The maximum atomic E-state index is 13.7. The van der Waals surface area contributed by atoms with Crippen LogP contribution in [0.15, 0.2) is 42.5 Å². The van der Waals surface area contributed by atoms with E-state index in [1.54, 1.807) is 12.1 Å². The van der Waals surface area contributed by atoms with Crippen LogP contribution in [-0.4, -0.2) is 23.8 Å². The highest BCUT2D eigenvalue weighted by Crippen LogP contribution is 2.18. The molecule has 0 spiro atoms. The van der Waals surface area contributed by atoms with Crippen molar-refractivity contribution in [1.82, 2.24) is 0 Å². The number of carbonyl (C=O) groups is 3. The summed E-state index contributed by atoms with van der Waals surface area (Å²) in [5.41, 5.74) is 0.530. The molecule has 27 heavy (non-hydrogen) atoms. The Morgan fingerprint density at radius 3 is 2.44 bits per heavy atom. The monoisotopic (exact) mass is 391 g/mol. The molecule has 1 N–H and O–H groups in total. The van der Waals surface area contributed by atoms with Crippen LogP contribution in [0.3, 0.4) is 0 Å². The second-order valence-electron chi connectivity index (χ2n) is 5.91. The zero-order valence-electron chi connectivity index (χ0n) is 14.9. The van der Waals surface area contributed by atoms with Gasteiger partial charge in [-0.3, -0.25) is 9.59 Å². The second kappa shape index (κ2) is 9.28. The minimum absolute atomic E-state index is 0.109. The lowest BCUT2D eigenvalue weighted by Crippen LogP contribution is -2.25. The van der Waals surface area contributed by atoms with Crippen LogP contribution in [0.25, 0.3) is 0 Å². The summed E-state index contributed by atoms with van der Waals surface area (Å²) >= 11 is 5.76. The lowest BCUT2D eigenvalue weighted by Gasteiger charge is -2.13. The Bertz CT molecular complexity index is 852. The molecule has 0 aliphatic rings.